The number of aromatic hydroxyl groups is 1. The Morgan fingerprint density at radius 3 is 2.26 bits per heavy atom. The number of para-hydroxylation sites is 2. The van der Waals surface area contributed by atoms with Crippen LogP contribution in [0.3, 0.4) is 0 Å². The molecule has 0 unspecified atom stereocenters. The molecule has 0 saturated heterocycles. The quantitative estimate of drug-likeness (QED) is 0.282. The number of aliphatic carboxylic acids is 1. The third-order valence-electron chi connectivity index (χ3n) is 4.09. The first-order valence-electron chi connectivity index (χ1n) is 10.2. The van der Waals surface area contributed by atoms with Gasteiger partial charge in [0.2, 0.25) is 5.89 Å². The lowest BCUT2D eigenvalue weighted by molar-refractivity contribution is -0.138. The number of terminal acetylenes is 1. The van der Waals surface area contributed by atoms with Gasteiger partial charge < -0.3 is 14.6 Å². The summed E-state index contributed by atoms with van der Waals surface area (Å²) in [5, 5.41) is 18.7. The fourth-order valence-corrected chi connectivity index (χ4v) is 2.91. The maximum atomic E-state index is 12.7. The predicted molar refractivity (Wildman–Crippen MR) is 130 cm³/mol. The summed E-state index contributed by atoms with van der Waals surface area (Å²) in [6.45, 7) is 4.00. The fraction of sp³-hybridized carbons (Fsp3) is 0.154. The standard InChI is InChI=1S/C14H8F3NO2.C8H7ClO2.C2H6.C2H2/c15-14(16,17)8-5-6-11(19)9(7-8)13-18-10-3-1-2-4-12(10)20-13;9-7-3-1-2-6(4-7)5-8(10)11;2*1-2/h1-7,19H;1-4H,5H2,(H,10,11);1-2H3;1-2H. The average molecular weight is 506 g/mol. The minimum atomic E-state index is -4.49. The van der Waals surface area contributed by atoms with Gasteiger partial charge in [0.25, 0.3) is 0 Å². The van der Waals surface area contributed by atoms with E-state index < -0.39 is 17.7 Å². The van der Waals surface area contributed by atoms with Gasteiger partial charge in [-0.3, -0.25) is 4.79 Å². The number of phenols is 1. The highest BCUT2D eigenvalue weighted by Gasteiger charge is 2.31. The number of carbonyl (C=O) groups is 1. The molecule has 5 nitrogen and oxygen atoms in total. The molecule has 0 aliphatic rings. The Hall–Kier alpha value is -3.96. The summed E-state index contributed by atoms with van der Waals surface area (Å²) in [6.07, 6.45) is 3.54. The third kappa shape index (κ3) is 8.72. The minimum absolute atomic E-state index is 0.0283. The molecule has 3 aromatic carbocycles. The first-order chi connectivity index (χ1) is 16.6. The van der Waals surface area contributed by atoms with Crippen molar-refractivity contribution < 1.29 is 32.6 Å². The van der Waals surface area contributed by atoms with Gasteiger partial charge in [-0.25, -0.2) is 4.98 Å². The number of fused-ring (bicyclic) bond motifs is 1. The average Bonchev–Trinajstić information content (AvgIpc) is 3.25. The number of carboxylic acid groups (broad SMARTS) is 1. The molecule has 9 heteroatoms. The van der Waals surface area contributed by atoms with Crippen molar-refractivity contribution in [2.75, 3.05) is 0 Å². The van der Waals surface area contributed by atoms with Crippen LogP contribution in [0.1, 0.15) is 25.0 Å². The van der Waals surface area contributed by atoms with Crippen molar-refractivity contribution in [3.63, 3.8) is 0 Å². The first kappa shape index (κ1) is 29.1. The van der Waals surface area contributed by atoms with Crippen molar-refractivity contribution in [1.82, 2.24) is 4.98 Å². The number of hydrogen-bond acceptors (Lipinski definition) is 4. The van der Waals surface area contributed by atoms with Gasteiger partial charge in [-0.15, -0.1) is 12.8 Å². The van der Waals surface area contributed by atoms with Gasteiger partial charge in [0.15, 0.2) is 5.58 Å². The van der Waals surface area contributed by atoms with E-state index >= 15 is 0 Å². The Balaban J connectivity index is 0.000000347. The zero-order chi connectivity index (χ0) is 26.6. The van der Waals surface area contributed by atoms with Crippen LogP contribution in [0, 0.1) is 12.8 Å². The van der Waals surface area contributed by atoms with E-state index in [-0.39, 0.29) is 23.6 Å². The van der Waals surface area contributed by atoms with Crippen LogP contribution < -0.4 is 0 Å². The number of phenolic OH excluding ortho intramolecular Hbond substituents is 1. The monoisotopic (exact) mass is 505 g/mol. The molecule has 0 fully saturated rings. The SMILES string of the molecule is C#C.CC.O=C(O)Cc1cccc(Cl)c1.Oc1ccc(C(F)(F)F)cc1-c1nc2ccccc2o1. The molecule has 0 saturated carbocycles. The Bertz CT molecular complexity index is 1230. The Morgan fingerprint density at radius 2 is 1.69 bits per heavy atom. The molecule has 184 valence electrons. The third-order valence-corrected chi connectivity index (χ3v) is 4.33. The largest absolute Gasteiger partial charge is 0.507 e. The van der Waals surface area contributed by atoms with E-state index in [0.29, 0.717) is 16.1 Å². The van der Waals surface area contributed by atoms with E-state index in [1.165, 1.54) is 0 Å². The summed E-state index contributed by atoms with van der Waals surface area (Å²) in [6, 6.07) is 16.2. The van der Waals surface area contributed by atoms with Crippen LogP contribution in [-0.4, -0.2) is 21.2 Å². The number of benzene rings is 3. The molecule has 1 heterocycles. The van der Waals surface area contributed by atoms with E-state index in [9.17, 15) is 23.1 Å². The predicted octanol–water partition coefficient (Wildman–Crippen LogP) is 7.46. The summed E-state index contributed by atoms with van der Waals surface area (Å²) >= 11 is 5.64. The fourth-order valence-electron chi connectivity index (χ4n) is 2.69. The molecule has 35 heavy (non-hydrogen) atoms. The molecule has 0 bridgehead atoms. The van der Waals surface area contributed by atoms with Crippen LogP contribution in [0.2, 0.25) is 5.02 Å². The van der Waals surface area contributed by atoms with Crippen LogP contribution in [0.5, 0.6) is 5.75 Å². The molecule has 0 aliphatic carbocycles. The lowest BCUT2D eigenvalue weighted by atomic mass is 10.1. The molecule has 4 aromatic rings. The maximum absolute atomic E-state index is 12.7. The summed E-state index contributed by atoms with van der Waals surface area (Å²) in [7, 11) is 0. The molecule has 0 atom stereocenters. The summed E-state index contributed by atoms with van der Waals surface area (Å²) in [5.41, 5.74) is 0.729. The zero-order valence-corrected chi connectivity index (χ0v) is 19.6. The number of oxazole rings is 1. The molecule has 0 spiro atoms. The van der Waals surface area contributed by atoms with Gasteiger partial charge in [0.1, 0.15) is 11.3 Å². The second-order valence-corrected chi connectivity index (χ2v) is 6.85. The molecular formula is C26H23ClF3NO4. The molecular weight excluding hydrogens is 483 g/mol. The van der Waals surface area contributed by atoms with E-state index in [0.717, 1.165) is 23.8 Å². The van der Waals surface area contributed by atoms with Gasteiger partial charge in [-0.05, 0) is 48.0 Å². The lowest BCUT2D eigenvalue weighted by Crippen LogP contribution is -2.04. The molecule has 0 aliphatic heterocycles. The van der Waals surface area contributed by atoms with E-state index in [1.807, 2.05) is 13.8 Å². The van der Waals surface area contributed by atoms with E-state index in [1.54, 1.807) is 48.5 Å². The number of alkyl halides is 3. The molecule has 2 N–H and O–H groups in total. The van der Waals surface area contributed by atoms with Gasteiger partial charge in [0, 0.05) is 5.02 Å². The van der Waals surface area contributed by atoms with Crippen molar-refractivity contribution in [1.29, 1.82) is 0 Å². The highest BCUT2D eigenvalue weighted by atomic mass is 35.5. The van der Waals surface area contributed by atoms with Crippen molar-refractivity contribution in [3.05, 3.63) is 82.9 Å². The molecule has 1 aromatic heterocycles. The molecule has 4 rings (SSSR count). The second kappa shape index (κ2) is 13.7. The van der Waals surface area contributed by atoms with E-state index in [4.69, 9.17) is 21.1 Å². The summed E-state index contributed by atoms with van der Waals surface area (Å²) in [5.74, 6) is -1.20. The van der Waals surface area contributed by atoms with Crippen LogP contribution >= 0.6 is 11.6 Å². The Kier molecular flexibility index (Phi) is 11.4. The Labute approximate surface area is 205 Å². The van der Waals surface area contributed by atoms with Crippen LogP contribution in [0.15, 0.2) is 71.1 Å². The first-order valence-corrected chi connectivity index (χ1v) is 10.6. The maximum Gasteiger partial charge on any atom is 0.416 e. The zero-order valence-electron chi connectivity index (χ0n) is 18.9. The van der Waals surface area contributed by atoms with Crippen molar-refractivity contribution in [2.24, 2.45) is 0 Å². The van der Waals surface area contributed by atoms with E-state index in [2.05, 4.69) is 17.8 Å². The van der Waals surface area contributed by atoms with Crippen molar-refractivity contribution in [3.8, 4) is 30.1 Å². The van der Waals surface area contributed by atoms with Crippen LogP contribution in [0.4, 0.5) is 13.2 Å². The minimum Gasteiger partial charge on any atom is -0.507 e. The summed E-state index contributed by atoms with van der Waals surface area (Å²) < 4.78 is 43.4. The number of halogens is 4. The van der Waals surface area contributed by atoms with Crippen LogP contribution in [0.25, 0.3) is 22.6 Å². The lowest BCUT2D eigenvalue weighted by Gasteiger charge is -2.08. The summed E-state index contributed by atoms with van der Waals surface area (Å²) in [4.78, 5) is 14.3. The van der Waals surface area contributed by atoms with Crippen molar-refractivity contribution >= 4 is 28.7 Å². The topological polar surface area (TPSA) is 83.6 Å². The normalized spacial score (nSPS) is 10.1. The number of rotatable bonds is 3. The number of nitrogens with zero attached hydrogens (tertiary/aromatic N) is 1. The smallest absolute Gasteiger partial charge is 0.416 e. The number of aromatic nitrogens is 1. The Morgan fingerprint density at radius 1 is 1.03 bits per heavy atom. The second-order valence-electron chi connectivity index (χ2n) is 6.42. The molecule has 0 amide bonds. The van der Waals surface area contributed by atoms with Gasteiger partial charge in [-0.1, -0.05) is 49.7 Å². The number of carboxylic acids is 1. The van der Waals surface area contributed by atoms with Gasteiger partial charge >= 0.3 is 12.1 Å². The van der Waals surface area contributed by atoms with Crippen LogP contribution in [-0.2, 0) is 17.4 Å². The number of hydrogen-bond donors (Lipinski definition) is 2. The van der Waals surface area contributed by atoms with Gasteiger partial charge in [0.05, 0.1) is 17.5 Å². The molecule has 0 radical (unpaired) electrons. The van der Waals surface area contributed by atoms with Crippen molar-refractivity contribution in [2.45, 2.75) is 26.4 Å². The van der Waals surface area contributed by atoms with Gasteiger partial charge in [-0.2, -0.15) is 13.2 Å². The highest BCUT2D eigenvalue weighted by Crippen LogP contribution is 2.37. The highest BCUT2D eigenvalue weighted by molar-refractivity contribution is 6.30.